The van der Waals surface area contributed by atoms with Crippen LogP contribution in [0, 0.1) is 0 Å². The van der Waals surface area contributed by atoms with Gasteiger partial charge in [0.1, 0.15) is 31.9 Å². The number of phenolic OH excluding ortho intramolecular Hbond substituents is 1. The highest BCUT2D eigenvalue weighted by Crippen LogP contribution is 2.31. The Morgan fingerprint density at radius 2 is 1.15 bits per heavy atom. The first-order valence-electron chi connectivity index (χ1n) is 15.8. The zero-order valence-corrected chi connectivity index (χ0v) is 27.0. The molecule has 48 heavy (non-hydrogen) atoms. The first-order chi connectivity index (χ1) is 23.4. The van der Waals surface area contributed by atoms with Crippen molar-refractivity contribution in [3.8, 4) is 11.5 Å². The van der Waals surface area contributed by atoms with Gasteiger partial charge in [-0.25, -0.2) is 15.2 Å². The summed E-state index contributed by atoms with van der Waals surface area (Å²) in [6, 6.07) is 43.3. The zero-order valence-electron chi connectivity index (χ0n) is 27.0. The van der Waals surface area contributed by atoms with E-state index in [0.29, 0.717) is 5.75 Å². The van der Waals surface area contributed by atoms with Crippen molar-refractivity contribution < 1.29 is 28.9 Å². The third kappa shape index (κ3) is 9.78. The van der Waals surface area contributed by atoms with Crippen molar-refractivity contribution in [2.24, 2.45) is 0 Å². The summed E-state index contributed by atoms with van der Waals surface area (Å²) < 4.78 is 17.5. The molecule has 0 amide bonds. The Kier molecular flexibility index (Phi) is 12.0. The van der Waals surface area contributed by atoms with Crippen LogP contribution in [0.25, 0.3) is 0 Å². The average molecular weight is 645 g/mol. The van der Waals surface area contributed by atoms with E-state index in [9.17, 15) is 14.7 Å². The van der Waals surface area contributed by atoms with E-state index in [-0.39, 0.29) is 45.1 Å². The molecule has 0 fully saturated rings. The Hall–Kier alpha value is -5.44. The highest BCUT2D eigenvalue weighted by atomic mass is 16.5. The van der Waals surface area contributed by atoms with Gasteiger partial charge in [-0.15, -0.1) is 0 Å². The molecule has 0 radical (unpaired) electrons. The third-order valence-corrected chi connectivity index (χ3v) is 7.90. The SMILES string of the molecule is CC(Cc1ccc(O)c(OCc2ccccc2)c1)(C(=O)OCc1ccccc1)N(Cc1ccccc1)NCC(=O)OCc1ccccc1. The lowest BCUT2D eigenvalue weighted by Crippen LogP contribution is -2.60. The Labute approximate surface area is 281 Å². The van der Waals surface area contributed by atoms with E-state index < -0.39 is 17.5 Å². The number of benzene rings is 5. The van der Waals surface area contributed by atoms with Crippen molar-refractivity contribution in [2.45, 2.75) is 45.2 Å². The summed E-state index contributed by atoms with van der Waals surface area (Å²) in [5.74, 6) is -0.683. The molecule has 2 N–H and O–H groups in total. The Morgan fingerprint density at radius 3 is 1.71 bits per heavy atom. The molecule has 0 bridgehead atoms. The second-order valence-corrected chi connectivity index (χ2v) is 11.6. The molecule has 8 heteroatoms. The highest BCUT2D eigenvalue weighted by Gasteiger charge is 2.42. The molecule has 246 valence electrons. The van der Waals surface area contributed by atoms with Gasteiger partial charge in [-0.1, -0.05) is 127 Å². The fourth-order valence-corrected chi connectivity index (χ4v) is 5.19. The molecule has 0 saturated heterocycles. The number of hydrazine groups is 1. The van der Waals surface area contributed by atoms with Gasteiger partial charge in [-0.3, -0.25) is 4.79 Å². The molecule has 0 saturated carbocycles. The van der Waals surface area contributed by atoms with Gasteiger partial charge in [0.25, 0.3) is 0 Å². The van der Waals surface area contributed by atoms with Gasteiger partial charge >= 0.3 is 11.9 Å². The number of hydrogen-bond donors (Lipinski definition) is 2. The number of aromatic hydroxyl groups is 1. The van der Waals surface area contributed by atoms with Gasteiger partial charge in [-0.2, -0.15) is 0 Å². The maximum Gasteiger partial charge on any atom is 0.328 e. The van der Waals surface area contributed by atoms with Gasteiger partial charge in [-0.05, 0) is 46.9 Å². The van der Waals surface area contributed by atoms with E-state index in [1.165, 1.54) is 0 Å². The monoisotopic (exact) mass is 644 g/mol. The van der Waals surface area contributed by atoms with Crippen LogP contribution < -0.4 is 10.2 Å². The van der Waals surface area contributed by atoms with Crippen LogP contribution in [0.5, 0.6) is 11.5 Å². The van der Waals surface area contributed by atoms with Crippen LogP contribution in [0.4, 0.5) is 0 Å². The average Bonchev–Trinajstić information content (AvgIpc) is 3.13. The van der Waals surface area contributed by atoms with Crippen LogP contribution in [-0.2, 0) is 51.8 Å². The van der Waals surface area contributed by atoms with Crippen LogP contribution in [-0.4, -0.2) is 34.1 Å². The van der Waals surface area contributed by atoms with Crippen molar-refractivity contribution >= 4 is 11.9 Å². The summed E-state index contributed by atoms with van der Waals surface area (Å²) in [6.07, 6.45) is 0.168. The number of rotatable bonds is 16. The number of ether oxygens (including phenoxy) is 3. The molecule has 5 aromatic carbocycles. The lowest BCUT2D eigenvalue weighted by atomic mass is 9.91. The van der Waals surface area contributed by atoms with E-state index in [1.807, 2.05) is 121 Å². The fourth-order valence-electron chi connectivity index (χ4n) is 5.19. The summed E-state index contributed by atoms with van der Waals surface area (Å²) in [5.41, 5.74) is 6.19. The first-order valence-corrected chi connectivity index (χ1v) is 15.8. The Bertz CT molecular complexity index is 1740. The van der Waals surface area contributed by atoms with E-state index in [1.54, 1.807) is 30.1 Å². The number of carbonyl (C=O) groups is 2. The Morgan fingerprint density at radius 1 is 0.646 bits per heavy atom. The van der Waals surface area contributed by atoms with Gasteiger partial charge in [0.2, 0.25) is 0 Å². The molecular weight excluding hydrogens is 604 g/mol. The summed E-state index contributed by atoms with van der Waals surface area (Å²) >= 11 is 0. The van der Waals surface area contributed by atoms with Gasteiger partial charge in [0.05, 0.1) is 0 Å². The molecule has 0 aliphatic heterocycles. The van der Waals surface area contributed by atoms with Crippen molar-refractivity contribution in [3.05, 3.63) is 167 Å². The molecular formula is C40H40N2O6. The number of phenols is 1. The number of hydrogen-bond acceptors (Lipinski definition) is 8. The highest BCUT2D eigenvalue weighted by molar-refractivity contribution is 5.81. The molecule has 0 aliphatic carbocycles. The van der Waals surface area contributed by atoms with Gasteiger partial charge < -0.3 is 19.3 Å². The van der Waals surface area contributed by atoms with Crippen LogP contribution in [0.1, 0.15) is 34.7 Å². The minimum atomic E-state index is -1.32. The molecule has 0 spiro atoms. The van der Waals surface area contributed by atoms with E-state index >= 15 is 0 Å². The van der Waals surface area contributed by atoms with Crippen molar-refractivity contribution in [3.63, 3.8) is 0 Å². The maximum atomic E-state index is 14.2. The molecule has 8 nitrogen and oxygen atoms in total. The van der Waals surface area contributed by atoms with Crippen LogP contribution in [0.2, 0.25) is 0 Å². The fraction of sp³-hybridized carbons (Fsp3) is 0.200. The zero-order chi connectivity index (χ0) is 33.6. The van der Waals surface area contributed by atoms with Crippen LogP contribution >= 0.6 is 0 Å². The minimum absolute atomic E-state index is 0.0107. The van der Waals surface area contributed by atoms with Gasteiger partial charge in [0.15, 0.2) is 11.5 Å². The molecule has 1 unspecified atom stereocenters. The third-order valence-electron chi connectivity index (χ3n) is 7.90. The lowest BCUT2D eigenvalue weighted by molar-refractivity contribution is -0.164. The summed E-state index contributed by atoms with van der Waals surface area (Å²) in [4.78, 5) is 27.1. The predicted octanol–water partition coefficient (Wildman–Crippen LogP) is 6.77. The van der Waals surface area contributed by atoms with Crippen molar-refractivity contribution in [1.29, 1.82) is 0 Å². The van der Waals surface area contributed by atoms with Crippen LogP contribution in [0.15, 0.2) is 140 Å². The summed E-state index contributed by atoms with van der Waals surface area (Å²) in [6.45, 7) is 2.36. The second-order valence-electron chi connectivity index (χ2n) is 11.6. The van der Waals surface area contributed by atoms with Crippen molar-refractivity contribution in [2.75, 3.05) is 6.54 Å². The molecule has 5 rings (SSSR count). The molecule has 5 aromatic rings. The van der Waals surface area contributed by atoms with Gasteiger partial charge in [0, 0.05) is 13.0 Å². The van der Waals surface area contributed by atoms with Crippen molar-refractivity contribution in [1.82, 2.24) is 10.4 Å². The van der Waals surface area contributed by atoms with E-state index in [4.69, 9.17) is 14.2 Å². The summed E-state index contributed by atoms with van der Waals surface area (Å²) in [7, 11) is 0. The number of nitrogens with one attached hydrogen (secondary N) is 1. The maximum absolute atomic E-state index is 14.2. The molecule has 1 atom stereocenters. The molecule has 0 aliphatic rings. The predicted molar refractivity (Wildman–Crippen MR) is 183 cm³/mol. The Balaban J connectivity index is 1.40. The molecule has 0 aromatic heterocycles. The number of esters is 2. The quantitative estimate of drug-likeness (QED) is 0.0898. The number of carbonyl (C=O) groups excluding carboxylic acids is 2. The standard InChI is InChI=1S/C40H40N2O6/c1-40(39(45)48-30-34-20-12-5-13-21-34,25-35-22-23-36(43)37(24-35)46-28-32-16-8-3-9-17-32)42(27-31-14-6-2-7-15-31)41-26-38(44)47-29-33-18-10-4-11-19-33/h2-24,41,43H,25-30H2,1H3. The van der Waals surface area contributed by atoms with Crippen LogP contribution in [0.3, 0.4) is 0 Å². The topological polar surface area (TPSA) is 97.3 Å². The smallest absolute Gasteiger partial charge is 0.328 e. The largest absolute Gasteiger partial charge is 0.504 e. The normalized spacial score (nSPS) is 12.2. The lowest BCUT2D eigenvalue weighted by Gasteiger charge is -2.39. The van der Waals surface area contributed by atoms with E-state index in [0.717, 1.165) is 27.8 Å². The summed E-state index contributed by atoms with van der Waals surface area (Å²) in [5, 5.41) is 12.4. The minimum Gasteiger partial charge on any atom is -0.504 e. The van der Waals surface area contributed by atoms with E-state index in [2.05, 4.69) is 5.43 Å². The second kappa shape index (κ2) is 16.9. The first kappa shape index (κ1) is 33.9. The molecule has 0 heterocycles. The number of nitrogens with zero attached hydrogens (tertiary/aromatic N) is 1.